The van der Waals surface area contributed by atoms with Crippen LogP contribution < -0.4 is 0 Å². The highest BCUT2D eigenvalue weighted by Crippen LogP contribution is 1.79. The molecule has 0 N–H and O–H groups in total. The number of carbonyl (C=O) groups excluding carboxylic acids is 2. The molecule has 6 heteroatoms. The molecule has 0 atom stereocenters. The Bertz CT molecular complexity index is 192. The molecule has 0 saturated heterocycles. The van der Waals surface area contributed by atoms with E-state index in [1.165, 1.54) is 7.11 Å². The molecule has 0 aromatic carbocycles. The number of methoxy groups -OCH3 is 1. The summed E-state index contributed by atoms with van der Waals surface area (Å²) in [4.78, 5) is 20.7. The summed E-state index contributed by atoms with van der Waals surface area (Å²) in [6, 6.07) is 0. The van der Waals surface area contributed by atoms with Crippen molar-refractivity contribution in [2.45, 2.75) is 20.8 Å². The zero-order valence-corrected chi connectivity index (χ0v) is 11.0. The van der Waals surface area contributed by atoms with Crippen LogP contribution in [0.2, 0.25) is 0 Å². The largest absolute Gasteiger partial charge is 0.467 e. The van der Waals surface area contributed by atoms with E-state index >= 15 is 0 Å². The van der Waals surface area contributed by atoms with E-state index in [9.17, 15) is 9.59 Å². The van der Waals surface area contributed by atoms with Gasteiger partial charge >= 0.3 is 11.9 Å². The lowest BCUT2D eigenvalue weighted by Gasteiger charge is -1.99. The van der Waals surface area contributed by atoms with Crippen LogP contribution in [0.25, 0.3) is 0 Å². The van der Waals surface area contributed by atoms with E-state index < -0.39 is 0 Å². The van der Waals surface area contributed by atoms with Gasteiger partial charge in [-0.2, -0.15) is 0 Å². The summed E-state index contributed by atoms with van der Waals surface area (Å²) < 4.78 is 18.4. The Morgan fingerprint density at radius 3 is 1.65 bits per heavy atom. The van der Waals surface area contributed by atoms with Gasteiger partial charge in [0.1, 0.15) is 13.2 Å². The van der Waals surface area contributed by atoms with Gasteiger partial charge in [0.15, 0.2) is 0 Å². The molecule has 0 aliphatic heterocycles. The monoisotopic (exact) mass is 250 g/mol. The predicted molar refractivity (Wildman–Crippen MR) is 61.6 cm³/mol. The Morgan fingerprint density at radius 2 is 1.29 bits per heavy atom. The minimum absolute atomic E-state index is 0.0625. The van der Waals surface area contributed by atoms with E-state index in [2.05, 4.69) is 9.47 Å². The Labute approximate surface area is 102 Å². The van der Waals surface area contributed by atoms with Crippen molar-refractivity contribution >= 4 is 11.9 Å². The Hall–Kier alpha value is -1.14. The standard InChI is InChI=1S/C6H12O3.C5H10O3/c1-3-8-5-6(7)9-4-2;1-3-8-4-5(6)7-2/h3-5H2,1-2H3;3-4H2,1-2H3. The molecule has 0 aliphatic carbocycles. The van der Waals surface area contributed by atoms with Crippen LogP contribution in [0, 0.1) is 0 Å². The lowest BCUT2D eigenvalue weighted by atomic mass is 10.7. The van der Waals surface area contributed by atoms with Crippen LogP contribution in [0.1, 0.15) is 20.8 Å². The summed E-state index contributed by atoms with van der Waals surface area (Å²) in [6.45, 7) is 7.09. The van der Waals surface area contributed by atoms with Gasteiger partial charge in [-0.15, -0.1) is 0 Å². The highest BCUT2D eigenvalue weighted by Gasteiger charge is 1.97. The minimum atomic E-state index is -0.327. The van der Waals surface area contributed by atoms with Crippen LogP contribution in [0.5, 0.6) is 0 Å². The zero-order chi connectivity index (χ0) is 13.5. The van der Waals surface area contributed by atoms with Gasteiger partial charge in [-0.25, -0.2) is 9.59 Å². The second kappa shape index (κ2) is 14.9. The van der Waals surface area contributed by atoms with Gasteiger partial charge in [0, 0.05) is 13.2 Å². The lowest BCUT2D eigenvalue weighted by molar-refractivity contribution is -0.148. The maximum absolute atomic E-state index is 10.5. The van der Waals surface area contributed by atoms with E-state index in [1.807, 2.05) is 13.8 Å². The highest BCUT2D eigenvalue weighted by atomic mass is 16.6. The molecule has 0 spiro atoms. The molecule has 102 valence electrons. The molecule has 0 bridgehead atoms. The van der Waals surface area contributed by atoms with Crippen LogP contribution in [0.3, 0.4) is 0 Å². The molecule has 0 amide bonds. The fraction of sp³-hybridized carbons (Fsp3) is 0.818. The fourth-order valence-corrected chi connectivity index (χ4v) is 0.632. The van der Waals surface area contributed by atoms with E-state index in [0.717, 1.165) is 0 Å². The second-order valence-electron chi connectivity index (χ2n) is 2.66. The molecule has 0 heterocycles. The van der Waals surface area contributed by atoms with Gasteiger partial charge in [0.05, 0.1) is 13.7 Å². The van der Waals surface area contributed by atoms with Crippen molar-refractivity contribution in [1.82, 2.24) is 0 Å². The SMILES string of the molecule is CCOCC(=O)OC.CCOCC(=O)OCC. The van der Waals surface area contributed by atoms with Crippen molar-refractivity contribution in [3.63, 3.8) is 0 Å². The fourth-order valence-electron chi connectivity index (χ4n) is 0.632. The molecule has 0 rings (SSSR count). The molecule has 0 aromatic heterocycles. The summed E-state index contributed by atoms with van der Waals surface area (Å²) >= 11 is 0. The third-order valence-electron chi connectivity index (χ3n) is 1.38. The van der Waals surface area contributed by atoms with Gasteiger partial charge in [-0.1, -0.05) is 0 Å². The molecule has 0 aromatic rings. The molecule has 0 aliphatic rings. The number of ether oxygens (including phenoxy) is 4. The summed E-state index contributed by atoms with van der Waals surface area (Å²) in [5, 5.41) is 0. The van der Waals surface area contributed by atoms with Crippen molar-refractivity contribution in [2.24, 2.45) is 0 Å². The van der Waals surface area contributed by atoms with Gasteiger partial charge in [-0.3, -0.25) is 0 Å². The Morgan fingerprint density at radius 1 is 0.824 bits per heavy atom. The van der Waals surface area contributed by atoms with Gasteiger partial charge in [-0.05, 0) is 20.8 Å². The lowest BCUT2D eigenvalue weighted by Crippen LogP contribution is -2.11. The van der Waals surface area contributed by atoms with Crippen LogP contribution in [-0.2, 0) is 28.5 Å². The zero-order valence-electron chi connectivity index (χ0n) is 11.0. The second-order valence-corrected chi connectivity index (χ2v) is 2.66. The van der Waals surface area contributed by atoms with E-state index in [-0.39, 0.29) is 25.2 Å². The van der Waals surface area contributed by atoms with Crippen LogP contribution in [0.4, 0.5) is 0 Å². The topological polar surface area (TPSA) is 71.1 Å². The number of hydrogen-bond acceptors (Lipinski definition) is 6. The molecule has 6 nitrogen and oxygen atoms in total. The first kappa shape index (κ1) is 18.2. The minimum Gasteiger partial charge on any atom is -0.467 e. The van der Waals surface area contributed by atoms with Crippen molar-refractivity contribution < 1.29 is 28.5 Å². The van der Waals surface area contributed by atoms with Crippen molar-refractivity contribution in [2.75, 3.05) is 40.1 Å². The Balaban J connectivity index is 0. The van der Waals surface area contributed by atoms with Crippen LogP contribution >= 0.6 is 0 Å². The first-order valence-corrected chi connectivity index (χ1v) is 5.50. The van der Waals surface area contributed by atoms with Gasteiger partial charge in [0.2, 0.25) is 0 Å². The molecule has 0 radical (unpaired) electrons. The van der Waals surface area contributed by atoms with Crippen molar-refractivity contribution in [3.05, 3.63) is 0 Å². The van der Waals surface area contributed by atoms with Crippen molar-refractivity contribution in [1.29, 1.82) is 0 Å². The molecule has 0 saturated carbocycles. The highest BCUT2D eigenvalue weighted by molar-refractivity contribution is 5.70. The van der Waals surface area contributed by atoms with Crippen LogP contribution in [0.15, 0.2) is 0 Å². The summed E-state index contributed by atoms with van der Waals surface area (Å²) in [5.41, 5.74) is 0. The van der Waals surface area contributed by atoms with Crippen LogP contribution in [-0.4, -0.2) is 52.1 Å². The smallest absolute Gasteiger partial charge is 0.332 e. The molecular weight excluding hydrogens is 228 g/mol. The molecule has 0 unspecified atom stereocenters. The summed E-state index contributed by atoms with van der Waals surface area (Å²) in [7, 11) is 1.33. The average molecular weight is 250 g/mol. The van der Waals surface area contributed by atoms with E-state index in [0.29, 0.717) is 19.8 Å². The average Bonchev–Trinajstić information content (AvgIpc) is 2.34. The third-order valence-corrected chi connectivity index (χ3v) is 1.38. The quantitative estimate of drug-likeness (QED) is 0.622. The number of carbonyl (C=O) groups is 2. The number of hydrogen-bond donors (Lipinski definition) is 0. The number of esters is 2. The normalized spacial score (nSPS) is 8.94. The summed E-state index contributed by atoms with van der Waals surface area (Å²) in [5.74, 6) is -0.619. The van der Waals surface area contributed by atoms with E-state index in [1.54, 1.807) is 6.92 Å². The first-order chi connectivity index (χ1) is 8.12. The maximum Gasteiger partial charge on any atom is 0.332 e. The summed E-state index contributed by atoms with van der Waals surface area (Å²) in [6.07, 6.45) is 0. The Kier molecular flexibility index (Phi) is 15.9. The number of rotatable bonds is 7. The maximum atomic E-state index is 10.5. The molecular formula is C11H22O6. The predicted octanol–water partition coefficient (Wildman–Crippen LogP) is 0.782. The van der Waals surface area contributed by atoms with Gasteiger partial charge < -0.3 is 18.9 Å². The van der Waals surface area contributed by atoms with E-state index in [4.69, 9.17) is 9.47 Å². The molecule has 17 heavy (non-hydrogen) atoms. The van der Waals surface area contributed by atoms with Gasteiger partial charge in [0.25, 0.3) is 0 Å². The van der Waals surface area contributed by atoms with Crippen molar-refractivity contribution in [3.8, 4) is 0 Å². The molecule has 0 fully saturated rings. The first-order valence-electron chi connectivity index (χ1n) is 5.50. The third kappa shape index (κ3) is 17.5.